The molecule has 1 heterocycles. The van der Waals surface area contributed by atoms with E-state index in [2.05, 4.69) is 9.72 Å². The Hall–Kier alpha value is -2.49. The molecule has 0 spiro atoms. The van der Waals surface area contributed by atoms with Crippen molar-refractivity contribution in [3.8, 4) is 11.1 Å². The molecule has 19 heavy (non-hydrogen) atoms. The van der Waals surface area contributed by atoms with E-state index >= 15 is 0 Å². The van der Waals surface area contributed by atoms with Crippen LogP contribution in [0.1, 0.15) is 26.4 Å². The monoisotopic (exact) mass is 255 g/mol. The summed E-state index contributed by atoms with van der Waals surface area (Å²) in [6.45, 7) is 1.90. The third-order valence-electron chi connectivity index (χ3n) is 2.86. The second-order valence-electron chi connectivity index (χ2n) is 4.12. The summed E-state index contributed by atoms with van der Waals surface area (Å²) in [5.74, 6) is -0.453. The van der Waals surface area contributed by atoms with Crippen LogP contribution >= 0.6 is 0 Å². The normalized spacial score (nSPS) is 10.0. The van der Waals surface area contributed by atoms with Gasteiger partial charge in [0.2, 0.25) is 0 Å². The van der Waals surface area contributed by atoms with E-state index in [9.17, 15) is 9.59 Å². The van der Waals surface area contributed by atoms with Gasteiger partial charge in [0.15, 0.2) is 0 Å². The fraction of sp³-hybridized carbons (Fsp3) is 0.133. The van der Waals surface area contributed by atoms with E-state index in [4.69, 9.17) is 0 Å². The number of aromatic nitrogens is 1. The van der Waals surface area contributed by atoms with E-state index in [1.807, 2.05) is 19.1 Å². The van der Waals surface area contributed by atoms with Gasteiger partial charge in [0, 0.05) is 17.3 Å². The maximum Gasteiger partial charge on any atom is 0.356 e. The van der Waals surface area contributed by atoms with Gasteiger partial charge in [0.25, 0.3) is 0 Å². The maximum absolute atomic E-state index is 11.4. The van der Waals surface area contributed by atoms with Crippen molar-refractivity contribution in [2.45, 2.75) is 6.92 Å². The van der Waals surface area contributed by atoms with Crippen LogP contribution in [-0.4, -0.2) is 24.3 Å². The van der Waals surface area contributed by atoms with Gasteiger partial charge < -0.3 is 4.74 Å². The van der Waals surface area contributed by atoms with Gasteiger partial charge in [-0.25, -0.2) is 9.78 Å². The van der Waals surface area contributed by atoms with Crippen LogP contribution in [0.3, 0.4) is 0 Å². The largest absolute Gasteiger partial charge is 0.464 e. The minimum atomic E-state index is -0.453. The van der Waals surface area contributed by atoms with Gasteiger partial charge in [-0.05, 0) is 24.1 Å². The molecular weight excluding hydrogens is 242 g/mol. The molecule has 2 aromatic rings. The maximum atomic E-state index is 11.4. The highest BCUT2D eigenvalue weighted by molar-refractivity contribution is 5.88. The summed E-state index contributed by atoms with van der Waals surface area (Å²) < 4.78 is 4.63. The number of carbonyl (C=O) groups is 2. The minimum Gasteiger partial charge on any atom is -0.464 e. The molecular formula is C15H13NO3. The van der Waals surface area contributed by atoms with Crippen LogP contribution in [0.2, 0.25) is 0 Å². The molecule has 0 N–H and O–H groups in total. The van der Waals surface area contributed by atoms with Crippen LogP contribution < -0.4 is 0 Å². The molecule has 0 aliphatic heterocycles. The van der Waals surface area contributed by atoms with Crippen molar-refractivity contribution < 1.29 is 14.3 Å². The van der Waals surface area contributed by atoms with Crippen LogP contribution in [0.4, 0.5) is 0 Å². The lowest BCUT2D eigenvalue weighted by molar-refractivity contribution is 0.0594. The Bertz CT molecular complexity index is 618. The summed E-state index contributed by atoms with van der Waals surface area (Å²) in [5.41, 5.74) is 3.71. The molecule has 0 radical (unpaired) electrons. The van der Waals surface area contributed by atoms with Crippen LogP contribution in [0.5, 0.6) is 0 Å². The van der Waals surface area contributed by atoms with Crippen molar-refractivity contribution >= 4 is 12.3 Å². The predicted octanol–water partition coefficient (Wildman–Crippen LogP) is 2.66. The Labute approximate surface area is 111 Å². The second kappa shape index (κ2) is 5.44. The number of rotatable bonds is 3. The quantitative estimate of drug-likeness (QED) is 0.625. The fourth-order valence-electron chi connectivity index (χ4n) is 1.82. The number of benzene rings is 1. The lowest BCUT2D eigenvalue weighted by Crippen LogP contribution is -2.04. The van der Waals surface area contributed by atoms with Crippen LogP contribution in [0.15, 0.2) is 36.5 Å². The third kappa shape index (κ3) is 2.68. The molecule has 0 fully saturated rings. The number of esters is 1. The van der Waals surface area contributed by atoms with E-state index in [1.54, 1.807) is 24.4 Å². The van der Waals surface area contributed by atoms with Gasteiger partial charge in [-0.15, -0.1) is 0 Å². The topological polar surface area (TPSA) is 56.3 Å². The van der Waals surface area contributed by atoms with Gasteiger partial charge in [-0.1, -0.05) is 24.3 Å². The number of nitrogens with zero attached hydrogens (tertiary/aromatic N) is 1. The summed E-state index contributed by atoms with van der Waals surface area (Å²) in [6.07, 6.45) is 2.44. The fourth-order valence-corrected chi connectivity index (χ4v) is 1.82. The van der Waals surface area contributed by atoms with Crippen molar-refractivity contribution in [3.05, 3.63) is 53.3 Å². The number of carbonyl (C=O) groups excluding carboxylic acids is 2. The van der Waals surface area contributed by atoms with Crippen LogP contribution in [0.25, 0.3) is 11.1 Å². The highest BCUT2D eigenvalue weighted by Gasteiger charge is 2.10. The first-order chi connectivity index (χ1) is 9.15. The number of pyridine rings is 1. The van der Waals surface area contributed by atoms with Gasteiger partial charge in [-0.3, -0.25) is 4.79 Å². The van der Waals surface area contributed by atoms with E-state index in [0.717, 1.165) is 23.0 Å². The smallest absolute Gasteiger partial charge is 0.356 e. The van der Waals surface area contributed by atoms with E-state index < -0.39 is 5.97 Å². The SMILES string of the molecule is COC(=O)c1cc(C)c(-c2ccc(C=O)cc2)cn1. The highest BCUT2D eigenvalue weighted by Crippen LogP contribution is 2.23. The highest BCUT2D eigenvalue weighted by atomic mass is 16.5. The average molecular weight is 255 g/mol. The predicted molar refractivity (Wildman–Crippen MR) is 71.1 cm³/mol. The summed E-state index contributed by atoms with van der Waals surface area (Å²) >= 11 is 0. The van der Waals surface area contributed by atoms with Gasteiger partial charge in [0.05, 0.1) is 7.11 Å². The minimum absolute atomic E-state index is 0.285. The van der Waals surface area contributed by atoms with Crippen molar-refractivity contribution in [1.29, 1.82) is 0 Å². The van der Waals surface area contributed by atoms with E-state index in [-0.39, 0.29) is 5.69 Å². The molecule has 0 atom stereocenters. The van der Waals surface area contributed by atoms with Crippen molar-refractivity contribution in [2.75, 3.05) is 7.11 Å². The van der Waals surface area contributed by atoms with E-state index in [1.165, 1.54) is 7.11 Å². The third-order valence-corrected chi connectivity index (χ3v) is 2.86. The van der Waals surface area contributed by atoms with Crippen molar-refractivity contribution in [1.82, 2.24) is 4.98 Å². The summed E-state index contributed by atoms with van der Waals surface area (Å²) in [5, 5.41) is 0. The van der Waals surface area contributed by atoms with Gasteiger partial charge in [0.1, 0.15) is 12.0 Å². The van der Waals surface area contributed by atoms with E-state index in [0.29, 0.717) is 5.56 Å². The van der Waals surface area contributed by atoms with Crippen LogP contribution in [0, 0.1) is 6.92 Å². The Morgan fingerprint density at radius 2 is 1.95 bits per heavy atom. The molecule has 2 rings (SSSR count). The van der Waals surface area contributed by atoms with Gasteiger partial charge >= 0.3 is 5.97 Å². The molecule has 0 unspecified atom stereocenters. The van der Waals surface area contributed by atoms with Crippen LogP contribution in [-0.2, 0) is 4.74 Å². The molecule has 1 aromatic carbocycles. The molecule has 1 aromatic heterocycles. The number of aldehydes is 1. The molecule has 0 saturated heterocycles. The Morgan fingerprint density at radius 3 is 2.47 bits per heavy atom. The summed E-state index contributed by atoms with van der Waals surface area (Å²) in [4.78, 5) is 26.1. The average Bonchev–Trinajstić information content (AvgIpc) is 2.46. The molecule has 0 aliphatic rings. The Balaban J connectivity index is 2.39. The lowest BCUT2D eigenvalue weighted by atomic mass is 10.0. The molecule has 4 nitrogen and oxygen atoms in total. The van der Waals surface area contributed by atoms with Gasteiger partial charge in [-0.2, -0.15) is 0 Å². The molecule has 0 saturated carbocycles. The Kier molecular flexibility index (Phi) is 3.71. The molecule has 4 heteroatoms. The number of methoxy groups -OCH3 is 1. The standard InChI is InChI=1S/C15H13NO3/c1-10-7-14(15(18)19-2)16-8-13(10)12-5-3-11(9-17)4-6-12/h3-9H,1-2H3. The van der Waals surface area contributed by atoms with Crippen molar-refractivity contribution in [3.63, 3.8) is 0 Å². The summed E-state index contributed by atoms with van der Waals surface area (Å²) in [6, 6.07) is 8.89. The number of aryl methyl sites for hydroxylation is 1. The Morgan fingerprint density at radius 1 is 1.26 bits per heavy atom. The number of hydrogen-bond donors (Lipinski definition) is 0. The zero-order valence-corrected chi connectivity index (χ0v) is 10.7. The molecule has 96 valence electrons. The molecule has 0 amide bonds. The summed E-state index contributed by atoms with van der Waals surface area (Å²) in [7, 11) is 1.32. The molecule has 0 aliphatic carbocycles. The number of ether oxygens (including phenoxy) is 1. The molecule has 0 bridgehead atoms. The zero-order valence-electron chi connectivity index (χ0n) is 10.7. The first-order valence-electron chi connectivity index (χ1n) is 5.76. The first-order valence-corrected chi connectivity index (χ1v) is 5.76. The van der Waals surface area contributed by atoms with Crippen molar-refractivity contribution in [2.24, 2.45) is 0 Å². The first kappa shape index (κ1) is 13.0. The lowest BCUT2D eigenvalue weighted by Gasteiger charge is -2.07. The second-order valence-corrected chi connectivity index (χ2v) is 4.12. The zero-order chi connectivity index (χ0) is 13.8. The number of hydrogen-bond acceptors (Lipinski definition) is 4.